The van der Waals surface area contributed by atoms with Crippen molar-refractivity contribution in [3.8, 4) is 0 Å². The number of hydrogen-bond donors (Lipinski definition) is 1. The highest BCUT2D eigenvalue weighted by Gasteiger charge is 2.29. The normalized spacial score (nSPS) is 11.4. The summed E-state index contributed by atoms with van der Waals surface area (Å²) in [5.74, 6) is -1.00. The maximum atomic E-state index is 13.4. The lowest BCUT2D eigenvalue weighted by Gasteiger charge is -2.22. The van der Waals surface area contributed by atoms with Crippen molar-refractivity contribution < 1.29 is 13.7 Å². The van der Waals surface area contributed by atoms with Gasteiger partial charge in [-0.3, -0.25) is 4.79 Å². The van der Waals surface area contributed by atoms with Crippen molar-refractivity contribution in [3.63, 3.8) is 0 Å². The predicted molar refractivity (Wildman–Crippen MR) is 71.2 cm³/mol. The van der Waals surface area contributed by atoms with Crippen LogP contribution in [0.5, 0.6) is 0 Å². The third-order valence-electron chi connectivity index (χ3n) is 2.60. The van der Waals surface area contributed by atoms with Crippen LogP contribution in [0.1, 0.15) is 30.0 Å². The van der Waals surface area contributed by atoms with Gasteiger partial charge < -0.3 is 9.84 Å². The molecule has 0 atom stereocenters. The Hall–Kier alpha value is -1.66. The molecule has 106 valence electrons. The largest absolute Gasteiger partial charge is 0.343 e. The van der Waals surface area contributed by atoms with Gasteiger partial charge >= 0.3 is 0 Å². The number of nitrogens with zero attached hydrogens (tertiary/aromatic N) is 2. The highest BCUT2D eigenvalue weighted by atomic mass is 35.5. The minimum atomic E-state index is -0.899. The Morgan fingerprint density at radius 1 is 1.35 bits per heavy atom. The quantitative estimate of drug-likeness (QED) is 0.883. The molecule has 0 bridgehead atoms. The first kappa shape index (κ1) is 14.7. The lowest BCUT2D eigenvalue weighted by Crippen LogP contribution is -2.42. The van der Waals surface area contributed by atoms with Crippen molar-refractivity contribution >= 4 is 29.1 Å². The molecule has 2 aromatic rings. The molecule has 8 heteroatoms. The standard InChI is InChI=1S/C12H10Cl2FN3O2/c1-12(2,11-16-5-20-18-11)17-10(19)6-3-9(15)8(14)4-7(6)13/h3-5H,1-2H3,(H,17,19). The zero-order valence-corrected chi connectivity index (χ0v) is 12.1. The Kier molecular flexibility index (Phi) is 3.96. The number of carbonyl (C=O) groups excluding carboxylic acids is 1. The van der Waals surface area contributed by atoms with Gasteiger partial charge in [-0.15, -0.1) is 0 Å². The minimum Gasteiger partial charge on any atom is -0.343 e. The second-order valence-corrected chi connectivity index (χ2v) is 5.39. The lowest BCUT2D eigenvalue weighted by molar-refractivity contribution is 0.0907. The van der Waals surface area contributed by atoms with E-state index in [1.165, 1.54) is 6.07 Å². The van der Waals surface area contributed by atoms with Crippen LogP contribution in [0.15, 0.2) is 23.0 Å². The van der Waals surface area contributed by atoms with Crippen LogP contribution in [0.3, 0.4) is 0 Å². The van der Waals surface area contributed by atoms with Gasteiger partial charge in [0.05, 0.1) is 21.1 Å². The zero-order valence-electron chi connectivity index (χ0n) is 10.6. The van der Waals surface area contributed by atoms with E-state index in [2.05, 4.69) is 20.0 Å². The Balaban J connectivity index is 2.27. The SMILES string of the molecule is CC(C)(NC(=O)c1cc(F)c(Cl)cc1Cl)c1ncon1. The van der Waals surface area contributed by atoms with Crippen molar-refractivity contribution in [1.29, 1.82) is 0 Å². The molecule has 0 unspecified atom stereocenters. The summed E-state index contributed by atoms with van der Waals surface area (Å²) >= 11 is 11.5. The summed E-state index contributed by atoms with van der Waals surface area (Å²) in [6.07, 6.45) is 1.15. The van der Waals surface area contributed by atoms with Crippen LogP contribution in [0.25, 0.3) is 0 Å². The molecular formula is C12H10Cl2FN3O2. The van der Waals surface area contributed by atoms with Gasteiger partial charge in [-0.2, -0.15) is 4.98 Å². The van der Waals surface area contributed by atoms with Crippen LogP contribution in [-0.2, 0) is 5.54 Å². The number of nitrogens with one attached hydrogen (secondary N) is 1. The number of amides is 1. The highest BCUT2D eigenvalue weighted by Crippen LogP contribution is 2.25. The van der Waals surface area contributed by atoms with E-state index in [1.807, 2.05) is 0 Å². The fourth-order valence-electron chi connectivity index (χ4n) is 1.55. The van der Waals surface area contributed by atoms with Crippen LogP contribution < -0.4 is 5.32 Å². The molecule has 0 aliphatic heterocycles. The number of halogens is 3. The van der Waals surface area contributed by atoms with Crippen LogP contribution in [0, 0.1) is 5.82 Å². The molecule has 1 aromatic heterocycles. The summed E-state index contributed by atoms with van der Waals surface area (Å²) in [6.45, 7) is 3.35. The van der Waals surface area contributed by atoms with Crippen molar-refractivity contribution in [1.82, 2.24) is 15.5 Å². The van der Waals surface area contributed by atoms with E-state index in [0.717, 1.165) is 12.5 Å². The zero-order chi connectivity index (χ0) is 14.9. The van der Waals surface area contributed by atoms with Crippen molar-refractivity contribution in [2.24, 2.45) is 0 Å². The van der Waals surface area contributed by atoms with E-state index in [4.69, 9.17) is 23.2 Å². The van der Waals surface area contributed by atoms with Crippen LogP contribution >= 0.6 is 23.2 Å². The van der Waals surface area contributed by atoms with E-state index in [9.17, 15) is 9.18 Å². The number of hydrogen-bond acceptors (Lipinski definition) is 4. The molecule has 0 radical (unpaired) electrons. The number of carbonyl (C=O) groups is 1. The molecular weight excluding hydrogens is 308 g/mol. The van der Waals surface area contributed by atoms with Gasteiger partial charge in [-0.05, 0) is 26.0 Å². The predicted octanol–water partition coefficient (Wildman–Crippen LogP) is 3.18. The first-order valence-electron chi connectivity index (χ1n) is 5.55. The Labute approximate surface area is 124 Å². The van der Waals surface area contributed by atoms with Crippen LogP contribution in [0.4, 0.5) is 4.39 Å². The molecule has 1 aromatic carbocycles. The molecule has 0 saturated carbocycles. The smallest absolute Gasteiger partial charge is 0.253 e. The molecule has 0 saturated heterocycles. The summed E-state index contributed by atoms with van der Waals surface area (Å²) in [6, 6.07) is 2.15. The van der Waals surface area contributed by atoms with E-state index in [-0.39, 0.29) is 21.4 Å². The number of aromatic nitrogens is 2. The van der Waals surface area contributed by atoms with Gasteiger partial charge in [0.25, 0.3) is 5.91 Å². The fraction of sp³-hybridized carbons (Fsp3) is 0.250. The second-order valence-electron chi connectivity index (χ2n) is 4.58. The van der Waals surface area contributed by atoms with E-state index < -0.39 is 17.3 Å². The van der Waals surface area contributed by atoms with Crippen LogP contribution in [0.2, 0.25) is 10.0 Å². The summed E-state index contributed by atoms with van der Waals surface area (Å²) in [4.78, 5) is 16.0. The Morgan fingerprint density at radius 3 is 2.65 bits per heavy atom. The molecule has 0 spiro atoms. The lowest BCUT2D eigenvalue weighted by atomic mass is 10.0. The van der Waals surface area contributed by atoms with Gasteiger partial charge in [-0.25, -0.2) is 4.39 Å². The second kappa shape index (κ2) is 5.38. The maximum absolute atomic E-state index is 13.4. The summed E-state index contributed by atoms with van der Waals surface area (Å²) < 4.78 is 18.0. The molecule has 2 rings (SSSR count). The molecule has 1 heterocycles. The highest BCUT2D eigenvalue weighted by molar-refractivity contribution is 6.36. The van der Waals surface area contributed by atoms with Gasteiger partial charge in [0.2, 0.25) is 6.39 Å². The molecule has 5 nitrogen and oxygen atoms in total. The molecule has 0 fully saturated rings. The van der Waals surface area contributed by atoms with Crippen LogP contribution in [-0.4, -0.2) is 16.0 Å². The van der Waals surface area contributed by atoms with Crippen molar-refractivity contribution in [2.75, 3.05) is 0 Å². The number of benzene rings is 1. The van der Waals surface area contributed by atoms with E-state index in [0.29, 0.717) is 0 Å². The monoisotopic (exact) mass is 317 g/mol. The molecule has 1 N–H and O–H groups in total. The minimum absolute atomic E-state index is 0.0230. The van der Waals surface area contributed by atoms with Gasteiger partial charge in [0.15, 0.2) is 5.82 Å². The fourth-order valence-corrected chi connectivity index (χ4v) is 2.02. The first-order valence-corrected chi connectivity index (χ1v) is 6.31. The third-order valence-corrected chi connectivity index (χ3v) is 3.20. The van der Waals surface area contributed by atoms with Crippen molar-refractivity contribution in [3.05, 3.63) is 45.8 Å². The first-order chi connectivity index (χ1) is 9.31. The average molecular weight is 318 g/mol. The number of rotatable bonds is 3. The molecule has 0 aliphatic rings. The van der Waals surface area contributed by atoms with E-state index >= 15 is 0 Å². The van der Waals surface area contributed by atoms with Gasteiger partial charge in [0, 0.05) is 0 Å². The third kappa shape index (κ3) is 2.91. The van der Waals surface area contributed by atoms with Gasteiger partial charge in [0.1, 0.15) is 5.82 Å². The molecule has 0 aliphatic carbocycles. The summed E-state index contributed by atoms with van der Waals surface area (Å²) in [7, 11) is 0. The Bertz CT molecular complexity index is 644. The van der Waals surface area contributed by atoms with E-state index in [1.54, 1.807) is 13.8 Å². The molecule has 1 amide bonds. The maximum Gasteiger partial charge on any atom is 0.253 e. The van der Waals surface area contributed by atoms with Gasteiger partial charge in [-0.1, -0.05) is 28.4 Å². The summed E-state index contributed by atoms with van der Waals surface area (Å²) in [5.41, 5.74) is -0.922. The average Bonchev–Trinajstić information content (AvgIpc) is 2.87. The Morgan fingerprint density at radius 2 is 2.05 bits per heavy atom. The van der Waals surface area contributed by atoms with Crippen molar-refractivity contribution in [2.45, 2.75) is 19.4 Å². The summed E-state index contributed by atoms with van der Waals surface area (Å²) in [5, 5.41) is 6.21. The topological polar surface area (TPSA) is 68.0 Å². The molecule has 20 heavy (non-hydrogen) atoms.